The SMILES string of the molecule is CC1ON(CCc2cnc[nH]2)C(=O)C1NC(=O)c1c(-[n+]2cccc(CNC(=O)c3ccc4c(c3)C(=O)OC43c4ccc(N(C)C)cc4Oc4cc(N(C)C)ccc43)c2)cc(Cl)c(O)c1O. The van der Waals surface area contributed by atoms with Gasteiger partial charge in [0.25, 0.3) is 17.7 Å². The largest absolute Gasteiger partial charge is 0.503 e. The molecule has 1 saturated heterocycles. The van der Waals surface area contributed by atoms with E-state index in [1.165, 1.54) is 28.1 Å². The van der Waals surface area contributed by atoms with Crippen LogP contribution in [0, 0.1) is 0 Å². The van der Waals surface area contributed by atoms with Crippen molar-refractivity contribution in [1.29, 1.82) is 0 Å². The van der Waals surface area contributed by atoms with Crippen LogP contribution in [-0.2, 0) is 32.9 Å². The second-order valence-electron chi connectivity index (χ2n) is 16.4. The summed E-state index contributed by atoms with van der Waals surface area (Å²) in [5, 5.41) is 28.2. The number of carbonyl (C=O) groups is 4. The summed E-state index contributed by atoms with van der Waals surface area (Å²) in [4.78, 5) is 71.5. The second kappa shape index (κ2) is 16.5. The zero-order valence-electron chi connectivity index (χ0n) is 35.9. The molecule has 9 rings (SSSR count). The Morgan fingerprint density at radius 3 is 2.28 bits per heavy atom. The van der Waals surface area contributed by atoms with Gasteiger partial charge < -0.3 is 45.1 Å². The highest BCUT2D eigenvalue weighted by Crippen LogP contribution is 2.57. The number of amides is 3. The summed E-state index contributed by atoms with van der Waals surface area (Å²) in [5.41, 5.74) is 3.87. The number of pyridine rings is 1. The van der Waals surface area contributed by atoms with Gasteiger partial charge in [0.2, 0.25) is 5.69 Å². The predicted octanol–water partition coefficient (Wildman–Crippen LogP) is 4.88. The summed E-state index contributed by atoms with van der Waals surface area (Å²) in [6.07, 6.45) is 6.04. The molecule has 17 nitrogen and oxygen atoms in total. The van der Waals surface area contributed by atoms with Gasteiger partial charge in [-0.15, -0.1) is 0 Å². The number of phenols is 2. The van der Waals surface area contributed by atoms with Crippen LogP contribution in [0.5, 0.6) is 23.0 Å². The molecule has 1 fully saturated rings. The van der Waals surface area contributed by atoms with E-state index in [2.05, 4.69) is 20.6 Å². The smallest absolute Gasteiger partial charge is 0.340 e. The summed E-state index contributed by atoms with van der Waals surface area (Å²) in [6, 6.07) is 20.0. The Hall–Kier alpha value is -7.63. The number of aromatic amines is 1. The number of hydrogen-bond donors (Lipinski definition) is 5. The number of phenolic OH excluding ortho intramolecular Hbond substituents is 2. The van der Waals surface area contributed by atoms with Crippen LogP contribution in [0.3, 0.4) is 0 Å². The average molecular weight is 900 g/mol. The van der Waals surface area contributed by atoms with Crippen LogP contribution < -0.4 is 29.7 Å². The van der Waals surface area contributed by atoms with Gasteiger partial charge in [0.15, 0.2) is 35.1 Å². The van der Waals surface area contributed by atoms with Crippen molar-refractivity contribution >= 4 is 46.7 Å². The molecule has 3 amide bonds. The fourth-order valence-electron chi connectivity index (χ4n) is 8.38. The van der Waals surface area contributed by atoms with Crippen molar-refractivity contribution in [3.05, 3.63) is 147 Å². The highest BCUT2D eigenvalue weighted by Gasteiger charge is 2.54. The average Bonchev–Trinajstić information content (AvgIpc) is 3.99. The molecule has 65 heavy (non-hydrogen) atoms. The zero-order chi connectivity index (χ0) is 45.9. The number of fused-ring (bicyclic) bond motifs is 6. The highest BCUT2D eigenvalue weighted by molar-refractivity contribution is 6.32. The summed E-state index contributed by atoms with van der Waals surface area (Å²) < 4.78 is 14.3. The number of anilines is 2. The summed E-state index contributed by atoms with van der Waals surface area (Å²) in [7, 11) is 7.71. The predicted molar refractivity (Wildman–Crippen MR) is 237 cm³/mol. The Balaban J connectivity index is 0.956. The molecule has 5 heterocycles. The van der Waals surface area contributed by atoms with E-state index in [1.807, 2.05) is 74.4 Å². The molecule has 332 valence electrons. The van der Waals surface area contributed by atoms with Gasteiger partial charge in [-0.25, -0.2) is 14.8 Å². The topological polar surface area (TPSA) is 203 Å². The number of H-pyrrole nitrogens is 1. The number of nitrogens with one attached hydrogen (secondary N) is 3. The quantitative estimate of drug-likeness (QED) is 0.0671. The molecule has 4 aromatic carbocycles. The first-order chi connectivity index (χ1) is 31.1. The van der Waals surface area contributed by atoms with Gasteiger partial charge in [0.05, 0.1) is 23.5 Å². The Bertz CT molecular complexity index is 2860. The van der Waals surface area contributed by atoms with Crippen molar-refractivity contribution < 1.29 is 48.3 Å². The Labute approximate surface area is 377 Å². The molecule has 18 heteroatoms. The Kier molecular flexibility index (Phi) is 10.8. The number of hydroxylamine groups is 2. The molecule has 2 atom stereocenters. The fraction of sp³-hybridized carbons (Fsp3) is 0.234. The van der Waals surface area contributed by atoms with Crippen molar-refractivity contribution in [3.63, 3.8) is 0 Å². The van der Waals surface area contributed by atoms with Crippen LogP contribution in [0.15, 0.2) is 97.7 Å². The lowest BCUT2D eigenvalue weighted by molar-refractivity contribution is -0.596. The molecule has 1 spiro atoms. The summed E-state index contributed by atoms with van der Waals surface area (Å²) in [5.74, 6) is -2.88. The standard InChI is InChI=1S/C47H43ClN8O9/c1-25-40(45(61)56(65-25)16-14-28-22-49-24-51-28)52-44(60)39-36(20-35(48)41(57)42(39)58)55-15-6-7-26(23-55)21-50-43(59)27-8-11-32-31(17-27)46(62)64-47(32)33-12-9-29(53(2)3)18-37(33)63-38-19-30(54(4)5)10-13-34(38)47/h6-13,15,17-20,22-25,40H,14,16,21H2,1-5H3,(H4-,49,50,51,52,57,58,59,60)/p+1. The van der Waals surface area contributed by atoms with E-state index in [-0.39, 0.29) is 40.5 Å². The van der Waals surface area contributed by atoms with Crippen LogP contribution in [-0.4, -0.2) is 95.8 Å². The van der Waals surface area contributed by atoms with Gasteiger partial charge in [0, 0.05) is 117 Å². The number of halogens is 1. The van der Waals surface area contributed by atoms with Gasteiger partial charge in [-0.3, -0.25) is 19.2 Å². The number of ether oxygens (including phenoxy) is 2. The lowest BCUT2D eigenvalue weighted by Crippen LogP contribution is -2.46. The minimum atomic E-state index is -1.33. The number of esters is 1. The fourth-order valence-corrected chi connectivity index (χ4v) is 8.57. The van der Waals surface area contributed by atoms with Crippen LogP contribution in [0.2, 0.25) is 5.02 Å². The third kappa shape index (κ3) is 7.47. The monoisotopic (exact) mass is 899 g/mol. The highest BCUT2D eigenvalue weighted by atomic mass is 35.5. The summed E-state index contributed by atoms with van der Waals surface area (Å²) >= 11 is 6.31. The van der Waals surface area contributed by atoms with Crippen molar-refractivity contribution in [2.45, 2.75) is 37.6 Å². The van der Waals surface area contributed by atoms with Crippen LogP contribution >= 0.6 is 11.6 Å². The van der Waals surface area contributed by atoms with Gasteiger partial charge in [-0.2, -0.15) is 4.57 Å². The van der Waals surface area contributed by atoms with E-state index in [0.717, 1.165) is 17.1 Å². The molecule has 3 aliphatic rings. The molecular weight excluding hydrogens is 856 g/mol. The summed E-state index contributed by atoms with van der Waals surface area (Å²) in [6.45, 7) is 1.83. The first kappa shape index (κ1) is 42.7. The minimum absolute atomic E-state index is 0.00475. The van der Waals surface area contributed by atoms with E-state index in [4.69, 9.17) is 25.9 Å². The lowest BCUT2D eigenvalue weighted by Gasteiger charge is -2.37. The number of rotatable bonds is 11. The van der Waals surface area contributed by atoms with Gasteiger partial charge >= 0.3 is 5.97 Å². The van der Waals surface area contributed by atoms with E-state index in [9.17, 15) is 29.4 Å². The number of carbonyl (C=O) groups excluding carboxylic acids is 4. The normalized spacial score (nSPS) is 16.6. The Morgan fingerprint density at radius 2 is 1.62 bits per heavy atom. The van der Waals surface area contributed by atoms with Gasteiger partial charge in [-0.1, -0.05) is 17.7 Å². The number of nitrogens with zero attached hydrogens (tertiary/aromatic N) is 5. The molecular formula is C47H44ClN8O9+. The third-order valence-corrected chi connectivity index (χ3v) is 12.1. The van der Waals surface area contributed by atoms with Crippen molar-refractivity contribution in [3.8, 4) is 28.7 Å². The molecule has 0 radical (unpaired) electrons. The molecule has 0 bridgehead atoms. The third-order valence-electron chi connectivity index (χ3n) is 11.8. The van der Waals surface area contributed by atoms with Crippen molar-refractivity contribution in [2.75, 3.05) is 44.5 Å². The first-order valence-electron chi connectivity index (χ1n) is 20.6. The van der Waals surface area contributed by atoms with Crippen LogP contribution in [0.25, 0.3) is 5.69 Å². The zero-order valence-corrected chi connectivity index (χ0v) is 36.6. The van der Waals surface area contributed by atoms with E-state index in [0.29, 0.717) is 40.2 Å². The molecule has 2 unspecified atom stereocenters. The maximum atomic E-state index is 13.9. The first-order valence-corrected chi connectivity index (χ1v) is 21.0. The van der Waals surface area contributed by atoms with Crippen molar-refractivity contribution in [2.24, 2.45) is 0 Å². The number of aromatic nitrogens is 3. The number of aromatic hydroxyl groups is 2. The van der Waals surface area contributed by atoms with Crippen molar-refractivity contribution in [1.82, 2.24) is 25.7 Å². The second-order valence-corrected chi connectivity index (χ2v) is 16.8. The van der Waals surface area contributed by atoms with Gasteiger partial charge in [-0.05, 0) is 49.4 Å². The molecule has 5 N–H and O–H groups in total. The van der Waals surface area contributed by atoms with Crippen LogP contribution in [0.4, 0.5) is 11.4 Å². The van der Waals surface area contributed by atoms with Crippen LogP contribution in [0.1, 0.15) is 65.9 Å². The minimum Gasteiger partial charge on any atom is -0.503 e. The molecule has 6 aromatic rings. The molecule has 0 aliphatic carbocycles. The number of imidazole rings is 1. The van der Waals surface area contributed by atoms with E-state index in [1.54, 1.807) is 49.8 Å². The molecule has 2 aromatic heterocycles. The van der Waals surface area contributed by atoms with Gasteiger partial charge in [0.1, 0.15) is 23.6 Å². The number of hydrogen-bond acceptors (Lipinski definition) is 12. The Morgan fingerprint density at radius 1 is 0.923 bits per heavy atom. The molecule has 0 saturated carbocycles. The maximum Gasteiger partial charge on any atom is 0.340 e. The van der Waals surface area contributed by atoms with E-state index < -0.39 is 52.9 Å². The van der Waals surface area contributed by atoms with E-state index >= 15 is 0 Å². The lowest BCUT2D eigenvalue weighted by atomic mass is 9.77. The maximum absolute atomic E-state index is 13.9. The number of benzene rings is 4. The molecule has 3 aliphatic heterocycles.